The second-order valence-corrected chi connectivity index (χ2v) is 16.4. The van der Waals surface area contributed by atoms with Crippen LogP contribution in [0.3, 0.4) is 0 Å². The molecule has 0 aliphatic heterocycles. The number of esters is 3. The van der Waals surface area contributed by atoms with Crippen molar-refractivity contribution in [2.75, 3.05) is 13.2 Å². The van der Waals surface area contributed by atoms with E-state index in [1.54, 1.807) is 0 Å². The smallest absolute Gasteiger partial charge is 0.306 e. The molecule has 0 radical (unpaired) electrons. The van der Waals surface area contributed by atoms with Gasteiger partial charge in [0.25, 0.3) is 0 Å². The minimum atomic E-state index is -0.763. The molecule has 56 heavy (non-hydrogen) atoms. The topological polar surface area (TPSA) is 78.9 Å². The highest BCUT2D eigenvalue weighted by molar-refractivity contribution is 5.71. The molecular weight excluding hydrogens is 697 g/mol. The van der Waals surface area contributed by atoms with Gasteiger partial charge < -0.3 is 14.2 Å². The predicted octanol–water partition coefficient (Wildman–Crippen LogP) is 15.6. The van der Waals surface area contributed by atoms with Gasteiger partial charge in [0.2, 0.25) is 0 Å². The molecule has 0 saturated carbocycles. The largest absolute Gasteiger partial charge is 0.462 e. The molecule has 0 fully saturated rings. The average Bonchev–Trinajstić information content (AvgIpc) is 3.19. The van der Waals surface area contributed by atoms with Crippen LogP contribution in [0.2, 0.25) is 0 Å². The standard InChI is InChI=1S/C50H92O6/c1-4-7-10-13-16-18-20-21-22-23-24-25-26-27-28-29-31-32-34-37-40-43-49(52)55-46-47(45-54-48(51)42-39-36-15-12-9-6-3)56-50(53)44-41-38-35-33-30-19-17-14-11-8-5-2/h20-21,23-24,47H,4-19,22,25-46H2,1-3H3/b21-20-,24-23-. The Kier molecular flexibility index (Phi) is 43.9. The van der Waals surface area contributed by atoms with E-state index in [4.69, 9.17) is 14.2 Å². The molecule has 328 valence electrons. The van der Waals surface area contributed by atoms with Crippen molar-refractivity contribution in [3.63, 3.8) is 0 Å². The number of unbranched alkanes of at least 4 members (excludes halogenated alkanes) is 29. The van der Waals surface area contributed by atoms with Gasteiger partial charge in [-0.1, -0.05) is 212 Å². The Hall–Kier alpha value is -2.11. The molecule has 1 unspecified atom stereocenters. The van der Waals surface area contributed by atoms with Gasteiger partial charge in [-0.2, -0.15) is 0 Å². The second-order valence-electron chi connectivity index (χ2n) is 16.4. The summed E-state index contributed by atoms with van der Waals surface area (Å²) in [7, 11) is 0. The third-order valence-corrected chi connectivity index (χ3v) is 10.7. The van der Waals surface area contributed by atoms with Crippen molar-refractivity contribution in [2.45, 2.75) is 264 Å². The lowest BCUT2D eigenvalue weighted by Crippen LogP contribution is -2.30. The molecule has 0 aromatic carbocycles. The van der Waals surface area contributed by atoms with E-state index in [9.17, 15) is 14.4 Å². The van der Waals surface area contributed by atoms with E-state index < -0.39 is 6.10 Å². The van der Waals surface area contributed by atoms with E-state index in [-0.39, 0.29) is 31.1 Å². The summed E-state index contributed by atoms with van der Waals surface area (Å²) in [5.74, 6) is -0.877. The normalized spacial score (nSPS) is 12.1. The summed E-state index contributed by atoms with van der Waals surface area (Å²) < 4.78 is 16.6. The van der Waals surface area contributed by atoms with Crippen molar-refractivity contribution in [2.24, 2.45) is 0 Å². The van der Waals surface area contributed by atoms with Crippen LogP contribution in [-0.2, 0) is 28.6 Å². The van der Waals surface area contributed by atoms with Crippen LogP contribution in [0.5, 0.6) is 0 Å². The zero-order valence-electron chi connectivity index (χ0n) is 37.4. The highest BCUT2D eigenvalue weighted by Crippen LogP contribution is 2.15. The van der Waals surface area contributed by atoms with Crippen LogP contribution in [-0.4, -0.2) is 37.2 Å². The first-order valence-corrected chi connectivity index (χ1v) is 24.3. The zero-order chi connectivity index (χ0) is 40.8. The average molecular weight is 789 g/mol. The monoisotopic (exact) mass is 789 g/mol. The molecule has 0 aliphatic carbocycles. The number of hydrogen-bond acceptors (Lipinski definition) is 6. The Balaban J connectivity index is 4.14. The molecule has 0 aromatic heterocycles. The lowest BCUT2D eigenvalue weighted by Gasteiger charge is -2.18. The molecule has 0 bridgehead atoms. The Labute approximate surface area is 347 Å². The maximum atomic E-state index is 12.7. The van der Waals surface area contributed by atoms with Crippen LogP contribution in [0.1, 0.15) is 258 Å². The first kappa shape index (κ1) is 53.9. The summed E-state index contributed by atoms with van der Waals surface area (Å²) in [5.41, 5.74) is 0. The van der Waals surface area contributed by atoms with Gasteiger partial charge in [0, 0.05) is 19.3 Å². The van der Waals surface area contributed by atoms with Gasteiger partial charge in [0.15, 0.2) is 6.10 Å². The number of carbonyl (C=O) groups excluding carboxylic acids is 3. The second kappa shape index (κ2) is 45.6. The molecular formula is C50H92O6. The molecule has 0 N–H and O–H groups in total. The molecule has 0 heterocycles. The van der Waals surface area contributed by atoms with Crippen LogP contribution in [0.4, 0.5) is 0 Å². The maximum Gasteiger partial charge on any atom is 0.306 e. The molecule has 0 aliphatic rings. The van der Waals surface area contributed by atoms with Crippen LogP contribution >= 0.6 is 0 Å². The number of hydrogen-bond donors (Lipinski definition) is 0. The Bertz CT molecular complexity index is 911. The molecule has 0 saturated heterocycles. The van der Waals surface area contributed by atoms with Gasteiger partial charge in [-0.25, -0.2) is 0 Å². The number of rotatable bonds is 44. The number of carbonyl (C=O) groups is 3. The lowest BCUT2D eigenvalue weighted by molar-refractivity contribution is -0.167. The molecule has 0 amide bonds. The molecule has 6 nitrogen and oxygen atoms in total. The van der Waals surface area contributed by atoms with Gasteiger partial charge in [0.05, 0.1) is 0 Å². The number of allylic oxidation sites excluding steroid dienone is 4. The van der Waals surface area contributed by atoms with Crippen LogP contribution in [0.15, 0.2) is 24.3 Å². The summed E-state index contributed by atoms with van der Waals surface area (Å²) in [6.45, 7) is 6.57. The van der Waals surface area contributed by atoms with Crippen molar-refractivity contribution in [1.29, 1.82) is 0 Å². The van der Waals surface area contributed by atoms with Crippen molar-refractivity contribution in [1.82, 2.24) is 0 Å². The zero-order valence-corrected chi connectivity index (χ0v) is 37.4. The van der Waals surface area contributed by atoms with Crippen LogP contribution in [0, 0.1) is 0 Å². The van der Waals surface area contributed by atoms with E-state index >= 15 is 0 Å². The summed E-state index contributed by atoms with van der Waals surface area (Å²) in [6, 6.07) is 0. The first-order valence-electron chi connectivity index (χ1n) is 24.3. The lowest BCUT2D eigenvalue weighted by atomic mass is 10.1. The van der Waals surface area contributed by atoms with E-state index in [1.807, 2.05) is 0 Å². The fourth-order valence-electron chi connectivity index (χ4n) is 7.00. The van der Waals surface area contributed by atoms with Crippen molar-refractivity contribution in [3.05, 3.63) is 24.3 Å². The fraction of sp³-hybridized carbons (Fsp3) is 0.860. The first-order chi connectivity index (χ1) is 27.5. The van der Waals surface area contributed by atoms with E-state index in [0.717, 1.165) is 64.2 Å². The van der Waals surface area contributed by atoms with E-state index in [0.29, 0.717) is 19.3 Å². The van der Waals surface area contributed by atoms with Crippen molar-refractivity contribution >= 4 is 17.9 Å². The quantitative estimate of drug-likeness (QED) is 0.0265. The van der Waals surface area contributed by atoms with Gasteiger partial charge in [-0.15, -0.1) is 0 Å². The van der Waals surface area contributed by atoms with Crippen LogP contribution in [0.25, 0.3) is 0 Å². The third kappa shape index (κ3) is 43.0. The van der Waals surface area contributed by atoms with Crippen molar-refractivity contribution < 1.29 is 28.6 Å². The van der Waals surface area contributed by atoms with Crippen LogP contribution < -0.4 is 0 Å². The number of ether oxygens (including phenoxy) is 3. The molecule has 0 spiro atoms. The molecule has 0 aromatic rings. The van der Waals surface area contributed by atoms with Gasteiger partial charge in [-0.05, 0) is 51.4 Å². The Morgan fingerprint density at radius 2 is 0.643 bits per heavy atom. The SMILES string of the molecule is CCCCCCC/C=C\C/C=C\CCCCCCCCCCCC(=O)OCC(COC(=O)CCCCCCCC)OC(=O)CCCCCCCCCCCCC. The predicted molar refractivity (Wildman–Crippen MR) is 238 cm³/mol. The minimum Gasteiger partial charge on any atom is -0.462 e. The van der Waals surface area contributed by atoms with Gasteiger partial charge in [-0.3, -0.25) is 14.4 Å². The third-order valence-electron chi connectivity index (χ3n) is 10.7. The summed E-state index contributed by atoms with van der Waals surface area (Å²) >= 11 is 0. The molecule has 6 heteroatoms. The summed E-state index contributed by atoms with van der Waals surface area (Å²) in [4.78, 5) is 37.6. The van der Waals surface area contributed by atoms with Gasteiger partial charge >= 0.3 is 17.9 Å². The van der Waals surface area contributed by atoms with E-state index in [2.05, 4.69) is 45.1 Å². The summed E-state index contributed by atoms with van der Waals surface area (Å²) in [5, 5.41) is 0. The van der Waals surface area contributed by atoms with Crippen molar-refractivity contribution in [3.8, 4) is 0 Å². The fourth-order valence-corrected chi connectivity index (χ4v) is 7.00. The highest BCUT2D eigenvalue weighted by Gasteiger charge is 2.19. The molecule has 1 atom stereocenters. The van der Waals surface area contributed by atoms with Gasteiger partial charge in [0.1, 0.15) is 13.2 Å². The molecule has 0 rings (SSSR count). The van der Waals surface area contributed by atoms with E-state index in [1.165, 1.54) is 154 Å². The Morgan fingerprint density at radius 3 is 0.982 bits per heavy atom. The Morgan fingerprint density at radius 1 is 0.357 bits per heavy atom. The summed E-state index contributed by atoms with van der Waals surface area (Å²) in [6.07, 6.45) is 50.4. The highest BCUT2D eigenvalue weighted by atomic mass is 16.6. The maximum absolute atomic E-state index is 12.7. The minimum absolute atomic E-state index is 0.0698.